The molecule has 0 fully saturated rings. The molecule has 102 valence electrons. The van der Waals surface area contributed by atoms with Crippen LogP contribution in [0.3, 0.4) is 0 Å². The van der Waals surface area contributed by atoms with Crippen molar-refractivity contribution < 1.29 is 9.13 Å². The zero-order valence-electron chi connectivity index (χ0n) is 10.6. The highest BCUT2D eigenvalue weighted by Crippen LogP contribution is 2.17. The van der Waals surface area contributed by atoms with Gasteiger partial charge in [-0.3, -0.25) is 0 Å². The molecule has 0 unspecified atom stereocenters. The quantitative estimate of drug-likeness (QED) is 0.829. The molecule has 0 aliphatic heterocycles. The Morgan fingerprint density at radius 1 is 1.47 bits per heavy atom. The van der Waals surface area contributed by atoms with Crippen molar-refractivity contribution in [1.29, 1.82) is 0 Å². The first-order valence-corrected chi connectivity index (χ1v) is 6.26. The van der Waals surface area contributed by atoms with Crippen LogP contribution >= 0.6 is 11.6 Å². The van der Waals surface area contributed by atoms with Crippen LogP contribution in [0, 0.1) is 5.82 Å². The minimum Gasteiger partial charge on any atom is -0.383 e. The van der Waals surface area contributed by atoms with Crippen LogP contribution in [-0.4, -0.2) is 29.8 Å². The van der Waals surface area contributed by atoms with Gasteiger partial charge in [0.2, 0.25) is 5.95 Å². The molecule has 1 aromatic heterocycles. The molecule has 0 saturated carbocycles. The maximum absolute atomic E-state index is 13.1. The maximum Gasteiger partial charge on any atom is 0.203 e. The van der Waals surface area contributed by atoms with Gasteiger partial charge >= 0.3 is 0 Å². The molecule has 4 nitrogen and oxygen atoms in total. The van der Waals surface area contributed by atoms with Gasteiger partial charge in [0, 0.05) is 26.0 Å². The number of aromatic nitrogens is 2. The molecule has 2 aromatic rings. The van der Waals surface area contributed by atoms with Crippen molar-refractivity contribution in [2.24, 2.45) is 0 Å². The van der Waals surface area contributed by atoms with Gasteiger partial charge in [-0.25, -0.2) is 9.37 Å². The van der Waals surface area contributed by atoms with Crippen molar-refractivity contribution in [2.45, 2.75) is 6.54 Å². The first-order valence-electron chi connectivity index (χ1n) is 5.88. The molecular weight excluding hydrogens is 269 g/mol. The lowest BCUT2D eigenvalue weighted by Crippen LogP contribution is -2.12. The molecule has 2 rings (SSSR count). The van der Waals surface area contributed by atoms with E-state index >= 15 is 0 Å². The van der Waals surface area contributed by atoms with Crippen LogP contribution in [0.15, 0.2) is 30.6 Å². The number of nitrogens with one attached hydrogen (secondary N) is 1. The summed E-state index contributed by atoms with van der Waals surface area (Å²) in [6, 6.07) is 4.70. The van der Waals surface area contributed by atoms with Crippen LogP contribution < -0.4 is 5.32 Å². The summed E-state index contributed by atoms with van der Waals surface area (Å²) < 4.78 is 20.0. The predicted molar refractivity (Wildman–Crippen MR) is 73.1 cm³/mol. The van der Waals surface area contributed by atoms with Crippen LogP contribution in [0.25, 0.3) is 0 Å². The normalized spacial score (nSPS) is 10.7. The van der Waals surface area contributed by atoms with Gasteiger partial charge in [-0.05, 0) is 17.7 Å². The molecule has 0 amide bonds. The lowest BCUT2D eigenvalue weighted by Gasteiger charge is -2.10. The Kier molecular flexibility index (Phi) is 4.76. The Bertz CT molecular complexity index is 544. The van der Waals surface area contributed by atoms with Gasteiger partial charge in [0.15, 0.2) is 0 Å². The third-order valence-corrected chi connectivity index (χ3v) is 2.93. The fraction of sp³-hybridized carbons (Fsp3) is 0.308. The van der Waals surface area contributed by atoms with Gasteiger partial charge in [-0.2, -0.15) is 0 Å². The Hall–Kier alpha value is -1.59. The number of ether oxygens (including phenoxy) is 1. The number of hydrogen-bond acceptors (Lipinski definition) is 3. The Labute approximate surface area is 116 Å². The van der Waals surface area contributed by atoms with E-state index in [9.17, 15) is 4.39 Å². The number of benzene rings is 1. The maximum atomic E-state index is 13.1. The summed E-state index contributed by atoms with van der Waals surface area (Å²) in [5.74, 6) is 0.340. The molecular formula is C13H15ClFN3O. The third kappa shape index (κ3) is 3.68. The van der Waals surface area contributed by atoms with Gasteiger partial charge in [-0.15, -0.1) is 0 Å². The summed E-state index contributed by atoms with van der Waals surface area (Å²) in [5, 5.41) is 3.29. The number of anilines is 1. The summed E-state index contributed by atoms with van der Waals surface area (Å²) in [7, 11) is 1.65. The third-order valence-electron chi connectivity index (χ3n) is 2.64. The van der Waals surface area contributed by atoms with E-state index in [1.54, 1.807) is 25.4 Å². The largest absolute Gasteiger partial charge is 0.383 e. The Morgan fingerprint density at radius 3 is 3.05 bits per heavy atom. The van der Waals surface area contributed by atoms with Crippen LogP contribution in [0.1, 0.15) is 5.56 Å². The monoisotopic (exact) mass is 283 g/mol. The van der Waals surface area contributed by atoms with E-state index in [1.807, 2.05) is 10.8 Å². The van der Waals surface area contributed by atoms with Gasteiger partial charge in [-0.1, -0.05) is 17.7 Å². The molecule has 0 bridgehead atoms. The van der Waals surface area contributed by atoms with Gasteiger partial charge in [0.05, 0.1) is 18.2 Å². The van der Waals surface area contributed by atoms with Crippen molar-refractivity contribution >= 4 is 17.5 Å². The van der Waals surface area contributed by atoms with E-state index in [2.05, 4.69) is 10.3 Å². The highest BCUT2D eigenvalue weighted by molar-refractivity contribution is 6.30. The number of nitrogens with zero attached hydrogens (tertiary/aromatic N) is 2. The van der Waals surface area contributed by atoms with Gasteiger partial charge < -0.3 is 14.6 Å². The molecule has 0 atom stereocenters. The van der Waals surface area contributed by atoms with E-state index in [0.717, 1.165) is 11.5 Å². The first kappa shape index (κ1) is 13.8. The molecule has 0 aliphatic rings. The zero-order chi connectivity index (χ0) is 13.7. The zero-order valence-corrected chi connectivity index (χ0v) is 11.3. The second kappa shape index (κ2) is 6.54. The minimum atomic E-state index is -0.408. The summed E-state index contributed by atoms with van der Waals surface area (Å²) in [6.45, 7) is 1.86. The van der Waals surface area contributed by atoms with Crippen LogP contribution in [-0.2, 0) is 11.3 Å². The summed E-state index contributed by atoms with van der Waals surface area (Å²) in [6.07, 6.45) is 3.56. The van der Waals surface area contributed by atoms with Gasteiger partial charge in [0.25, 0.3) is 0 Å². The highest BCUT2D eigenvalue weighted by Gasteiger charge is 2.05. The fourth-order valence-electron chi connectivity index (χ4n) is 1.70. The summed E-state index contributed by atoms with van der Waals surface area (Å²) >= 11 is 5.76. The number of hydrogen-bond donors (Lipinski definition) is 1. The predicted octanol–water partition coefficient (Wildman–Crippen LogP) is 2.78. The topological polar surface area (TPSA) is 39.1 Å². The SMILES string of the molecule is COCCNc1nccn1Cc1ccc(F)c(Cl)c1. The highest BCUT2D eigenvalue weighted by atomic mass is 35.5. The van der Waals surface area contributed by atoms with Crippen molar-refractivity contribution in [3.63, 3.8) is 0 Å². The molecule has 0 spiro atoms. The molecule has 19 heavy (non-hydrogen) atoms. The second-order valence-corrected chi connectivity index (χ2v) is 4.45. The van der Waals surface area contributed by atoms with Crippen LogP contribution in [0.5, 0.6) is 0 Å². The van der Waals surface area contributed by atoms with Gasteiger partial charge in [0.1, 0.15) is 5.82 Å². The van der Waals surface area contributed by atoms with E-state index in [1.165, 1.54) is 6.07 Å². The van der Waals surface area contributed by atoms with E-state index in [-0.39, 0.29) is 5.02 Å². The van der Waals surface area contributed by atoms with Crippen LogP contribution in [0.2, 0.25) is 5.02 Å². The smallest absolute Gasteiger partial charge is 0.203 e. The van der Waals surface area contributed by atoms with Crippen molar-refractivity contribution in [3.05, 3.63) is 47.0 Å². The number of rotatable bonds is 6. The molecule has 1 aromatic carbocycles. The molecule has 0 aliphatic carbocycles. The lowest BCUT2D eigenvalue weighted by molar-refractivity contribution is 0.210. The Morgan fingerprint density at radius 2 is 2.32 bits per heavy atom. The van der Waals surface area contributed by atoms with E-state index in [4.69, 9.17) is 16.3 Å². The summed E-state index contributed by atoms with van der Waals surface area (Å²) in [4.78, 5) is 4.21. The molecule has 6 heteroatoms. The van der Waals surface area contributed by atoms with E-state index in [0.29, 0.717) is 19.7 Å². The minimum absolute atomic E-state index is 0.131. The summed E-state index contributed by atoms with van der Waals surface area (Å²) in [5.41, 5.74) is 0.916. The molecule has 0 saturated heterocycles. The molecule has 1 heterocycles. The average Bonchev–Trinajstić information content (AvgIpc) is 2.82. The van der Waals surface area contributed by atoms with E-state index < -0.39 is 5.82 Å². The standard InChI is InChI=1S/C13H15ClFN3O/c1-19-7-5-17-13-16-4-6-18(13)9-10-2-3-12(15)11(14)8-10/h2-4,6,8H,5,7,9H2,1H3,(H,16,17). The number of methoxy groups -OCH3 is 1. The van der Waals surface area contributed by atoms with Crippen LogP contribution in [0.4, 0.5) is 10.3 Å². The Balaban J connectivity index is 2.06. The van der Waals surface area contributed by atoms with Crippen molar-refractivity contribution in [3.8, 4) is 0 Å². The lowest BCUT2D eigenvalue weighted by atomic mass is 10.2. The number of halogens is 2. The second-order valence-electron chi connectivity index (χ2n) is 4.05. The fourth-order valence-corrected chi connectivity index (χ4v) is 1.91. The average molecular weight is 284 g/mol. The van der Waals surface area contributed by atoms with Crippen molar-refractivity contribution in [1.82, 2.24) is 9.55 Å². The molecule has 1 N–H and O–H groups in total. The molecule has 0 radical (unpaired) electrons. The van der Waals surface area contributed by atoms with Crippen molar-refractivity contribution in [2.75, 3.05) is 25.6 Å². The first-order chi connectivity index (χ1) is 9.20. The number of imidazole rings is 1.